The Morgan fingerprint density at radius 1 is 1.24 bits per heavy atom. The zero-order valence-electron chi connectivity index (χ0n) is 12.4. The van der Waals surface area contributed by atoms with Crippen molar-refractivity contribution in [1.82, 2.24) is 0 Å². The molecule has 116 valence electrons. The second-order valence-corrected chi connectivity index (χ2v) is 7.45. The second-order valence-electron chi connectivity index (χ2n) is 6.12. The number of rotatable bonds is 6. The van der Waals surface area contributed by atoms with Gasteiger partial charge in [-0.2, -0.15) is 0 Å². The van der Waals surface area contributed by atoms with E-state index in [1.807, 2.05) is 6.07 Å². The minimum atomic E-state index is 0.141. The van der Waals surface area contributed by atoms with Gasteiger partial charge in [-0.1, -0.05) is 18.9 Å². The fraction of sp³-hybridized carbons (Fsp3) is 0.647. The van der Waals surface area contributed by atoms with Gasteiger partial charge in [-0.05, 0) is 64.2 Å². The first-order valence-electron chi connectivity index (χ1n) is 7.77. The topological polar surface area (TPSA) is 18.5 Å². The predicted molar refractivity (Wildman–Crippen MR) is 89.0 cm³/mol. The maximum atomic E-state index is 6.75. The fourth-order valence-electron chi connectivity index (χ4n) is 3.74. The van der Waals surface area contributed by atoms with Crippen molar-refractivity contribution in [3.8, 4) is 5.75 Å². The molecular weight excluding hydrogens is 352 g/mol. The molecule has 1 aromatic rings. The lowest BCUT2D eigenvalue weighted by Gasteiger charge is -2.13. The van der Waals surface area contributed by atoms with Crippen LogP contribution >= 0.6 is 27.5 Å². The number of hydrogen-bond donors (Lipinski definition) is 0. The Labute approximate surface area is 140 Å². The molecule has 0 spiro atoms. The van der Waals surface area contributed by atoms with Crippen molar-refractivity contribution in [2.75, 3.05) is 20.3 Å². The number of benzene rings is 1. The van der Waals surface area contributed by atoms with Gasteiger partial charge in [0.25, 0.3) is 0 Å². The monoisotopic (exact) mass is 372 g/mol. The first-order chi connectivity index (χ1) is 10.2. The molecule has 3 unspecified atom stereocenters. The normalized spacial score (nSPS) is 28.8. The zero-order valence-corrected chi connectivity index (χ0v) is 14.7. The molecule has 0 N–H and O–H groups in total. The summed E-state index contributed by atoms with van der Waals surface area (Å²) in [6.07, 6.45) is 5.52. The van der Waals surface area contributed by atoms with Crippen LogP contribution in [0.1, 0.15) is 36.6 Å². The van der Waals surface area contributed by atoms with E-state index >= 15 is 0 Å². The molecule has 3 atom stereocenters. The second kappa shape index (κ2) is 6.89. The van der Waals surface area contributed by atoms with Crippen LogP contribution in [0.5, 0.6) is 5.75 Å². The fourth-order valence-corrected chi connectivity index (χ4v) is 4.77. The molecule has 2 aliphatic carbocycles. The van der Waals surface area contributed by atoms with Crippen molar-refractivity contribution in [2.24, 2.45) is 17.8 Å². The zero-order chi connectivity index (χ0) is 14.8. The van der Waals surface area contributed by atoms with Crippen LogP contribution in [0.3, 0.4) is 0 Å². The molecule has 2 fully saturated rings. The smallest absolute Gasteiger partial charge is 0.133 e. The third-order valence-corrected chi connectivity index (χ3v) is 6.04. The number of hydrogen-bond acceptors (Lipinski definition) is 2. The van der Waals surface area contributed by atoms with Gasteiger partial charge in [-0.25, -0.2) is 0 Å². The Bertz CT molecular complexity index is 482. The van der Waals surface area contributed by atoms with Crippen LogP contribution in [0, 0.1) is 17.8 Å². The van der Waals surface area contributed by atoms with Gasteiger partial charge in [0.05, 0.1) is 16.5 Å². The highest BCUT2D eigenvalue weighted by Crippen LogP contribution is 2.62. The molecule has 2 nitrogen and oxygen atoms in total. The van der Waals surface area contributed by atoms with Crippen LogP contribution in [-0.2, 0) is 4.74 Å². The lowest BCUT2D eigenvalue weighted by molar-refractivity contribution is 0.146. The summed E-state index contributed by atoms with van der Waals surface area (Å²) in [6.45, 7) is 1.16. The lowest BCUT2D eigenvalue weighted by Crippen LogP contribution is -2.05. The highest BCUT2D eigenvalue weighted by molar-refractivity contribution is 9.10. The van der Waals surface area contributed by atoms with E-state index < -0.39 is 0 Å². The summed E-state index contributed by atoms with van der Waals surface area (Å²) in [5.74, 6) is 3.28. The van der Waals surface area contributed by atoms with E-state index in [-0.39, 0.29) is 5.38 Å². The molecule has 2 saturated carbocycles. The molecule has 1 aromatic carbocycles. The minimum absolute atomic E-state index is 0.141. The van der Waals surface area contributed by atoms with Crippen molar-refractivity contribution in [2.45, 2.75) is 31.1 Å². The summed E-state index contributed by atoms with van der Waals surface area (Å²) >= 11 is 10.3. The van der Waals surface area contributed by atoms with E-state index in [1.165, 1.54) is 31.2 Å². The predicted octanol–water partition coefficient (Wildman–Crippen LogP) is 5.19. The van der Waals surface area contributed by atoms with Crippen LogP contribution in [0.25, 0.3) is 0 Å². The molecule has 4 heteroatoms. The van der Waals surface area contributed by atoms with Gasteiger partial charge in [0.2, 0.25) is 0 Å². The Morgan fingerprint density at radius 3 is 2.57 bits per heavy atom. The first-order valence-corrected chi connectivity index (χ1v) is 9.00. The molecule has 3 rings (SSSR count). The van der Waals surface area contributed by atoms with Crippen LogP contribution in [-0.4, -0.2) is 20.3 Å². The number of alkyl halides is 1. The maximum Gasteiger partial charge on any atom is 0.133 e. The summed E-state index contributed by atoms with van der Waals surface area (Å²) < 4.78 is 11.6. The van der Waals surface area contributed by atoms with Gasteiger partial charge >= 0.3 is 0 Å². The van der Waals surface area contributed by atoms with Crippen molar-refractivity contribution >= 4 is 27.5 Å². The largest absolute Gasteiger partial charge is 0.490 e. The molecule has 0 heterocycles. The summed E-state index contributed by atoms with van der Waals surface area (Å²) in [6, 6.07) is 6.23. The van der Waals surface area contributed by atoms with E-state index in [0.29, 0.717) is 19.1 Å². The highest BCUT2D eigenvalue weighted by atomic mass is 79.9. The van der Waals surface area contributed by atoms with Crippen LogP contribution < -0.4 is 4.74 Å². The molecule has 0 amide bonds. The first kappa shape index (κ1) is 15.6. The standard InChI is InChI=1S/C17H22BrClO2/c1-20-8-9-21-15-7-6-11(10-14(15)18)17(19)16-12-4-2-3-5-13(12)16/h6-7,10,12-13,16-17H,2-5,8-9H2,1H3. The number of ether oxygens (including phenoxy) is 2. The number of methoxy groups -OCH3 is 1. The van der Waals surface area contributed by atoms with E-state index in [9.17, 15) is 0 Å². The van der Waals surface area contributed by atoms with Crippen molar-refractivity contribution in [3.05, 3.63) is 28.2 Å². The maximum absolute atomic E-state index is 6.75. The van der Waals surface area contributed by atoms with Crippen molar-refractivity contribution < 1.29 is 9.47 Å². The van der Waals surface area contributed by atoms with Crippen LogP contribution in [0.4, 0.5) is 0 Å². The number of halogens is 2. The van der Waals surface area contributed by atoms with Gasteiger partial charge in [-0.3, -0.25) is 0 Å². The van der Waals surface area contributed by atoms with Gasteiger partial charge < -0.3 is 9.47 Å². The van der Waals surface area contributed by atoms with Crippen LogP contribution in [0.15, 0.2) is 22.7 Å². The summed E-state index contributed by atoms with van der Waals surface area (Å²) in [5.41, 5.74) is 1.21. The summed E-state index contributed by atoms with van der Waals surface area (Å²) in [4.78, 5) is 0. The quantitative estimate of drug-likeness (QED) is 0.504. The Kier molecular flexibility index (Phi) is 5.13. The minimum Gasteiger partial charge on any atom is -0.490 e. The molecule has 2 aliphatic rings. The molecule has 0 radical (unpaired) electrons. The van der Waals surface area contributed by atoms with Crippen LogP contribution in [0.2, 0.25) is 0 Å². The van der Waals surface area contributed by atoms with E-state index in [2.05, 4.69) is 28.1 Å². The third kappa shape index (κ3) is 3.40. The highest BCUT2D eigenvalue weighted by Gasteiger charge is 2.53. The Balaban J connectivity index is 1.64. The molecular formula is C17H22BrClO2. The van der Waals surface area contributed by atoms with E-state index in [1.54, 1.807) is 7.11 Å². The summed E-state index contributed by atoms with van der Waals surface area (Å²) in [5, 5.41) is 0.141. The van der Waals surface area contributed by atoms with Gasteiger partial charge in [0.1, 0.15) is 12.4 Å². The van der Waals surface area contributed by atoms with Gasteiger partial charge in [0.15, 0.2) is 0 Å². The molecule has 0 aliphatic heterocycles. The molecule has 0 bridgehead atoms. The SMILES string of the molecule is COCCOc1ccc(C(Cl)C2C3CCCCC32)cc1Br. The van der Waals surface area contributed by atoms with Crippen molar-refractivity contribution in [3.63, 3.8) is 0 Å². The Hall–Kier alpha value is -0.250. The molecule has 0 aromatic heterocycles. The van der Waals surface area contributed by atoms with E-state index in [4.69, 9.17) is 21.1 Å². The molecule has 0 saturated heterocycles. The third-order valence-electron chi connectivity index (χ3n) is 4.88. The van der Waals surface area contributed by atoms with Crippen molar-refractivity contribution in [1.29, 1.82) is 0 Å². The van der Waals surface area contributed by atoms with E-state index in [0.717, 1.165) is 22.1 Å². The lowest BCUT2D eigenvalue weighted by atomic mass is 10.0. The van der Waals surface area contributed by atoms with Gasteiger partial charge in [-0.15, -0.1) is 11.6 Å². The average molecular weight is 374 g/mol. The Morgan fingerprint density at radius 2 is 1.95 bits per heavy atom. The molecule has 21 heavy (non-hydrogen) atoms. The van der Waals surface area contributed by atoms with Gasteiger partial charge in [0, 0.05) is 7.11 Å². The summed E-state index contributed by atoms with van der Waals surface area (Å²) in [7, 11) is 1.68. The average Bonchev–Trinajstić information content (AvgIpc) is 3.22. The number of fused-ring (bicyclic) bond motifs is 1.